The van der Waals surface area contributed by atoms with Crippen LogP contribution in [0.3, 0.4) is 0 Å². The van der Waals surface area contributed by atoms with Crippen LogP contribution >= 0.6 is 11.6 Å². The maximum Gasteiger partial charge on any atom is 0.130 e. The van der Waals surface area contributed by atoms with Gasteiger partial charge in [0.2, 0.25) is 0 Å². The lowest BCUT2D eigenvalue weighted by atomic mass is 10.1. The zero-order valence-corrected chi connectivity index (χ0v) is 10.0. The van der Waals surface area contributed by atoms with E-state index in [1.807, 2.05) is 6.92 Å². The molecule has 2 rings (SSSR count). The SMILES string of the molecule is CCn1nccc1C(O)c1ccc(Cl)cc1F. The Kier molecular flexibility index (Phi) is 3.45. The highest BCUT2D eigenvalue weighted by molar-refractivity contribution is 6.30. The molecule has 0 bridgehead atoms. The van der Waals surface area contributed by atoms with Crippen LogP contribution in [0.15, 0.2) is 30.5 Å². The molecule has 1 aromatic heterocycles. The van der Waals surface area contributed by atoms with Gasteiger partial charge in [-0.1, -0.05) is 17.7 Å². The number of aryl methyl sites for hydroxylation is 1. The minimum Gasteiger partial charge on any atom is -0.382 e. The van der Waals surface area contributed by atoms with E-state index in [2.05, 4.69) is 5.10 Å². The molecule has 1 heterocycles. The largest absolute Gasteiger partial charge is 0.382 e. The van der Waals surface area contributed by atoms with Crippen LogP contribution in [-0.2, 0) is 6.54 Å². The van der Waals surface area contributed by atoms with Crippen molar-refractivity contribution in [1.82, 2.24) is 9.78 Å². The summed E-state index contributed by atoms with van der Waals surface area (Å²) in [4.78, 5) is 0. The van der Waals surface area contributed by atoms with Crippen LogP contribution in [0.25, 0.3) is 0 Å². The van der Waals surface area contributed by atoms with Gasteiger partial charge in [-0.2, -0.15) is 5.10 Å². The number of rotatable bonds is 3. The molecule has 2 aromatic rings. The summed E-state index contributed by atoms with van der Waals surface area (Å²) in [6.07, 6.45) is 0.547. The van der Waals surface area contributed by atoms with Gasteiger partial charge >= 0.3 is 0 Å². The number of aromatic nitrogens is 2. The van der Waals surface area contributed by atoms with Crippen molar-refractivity contribution in [2.45, 2.75) is 19.6 Å². The number of hydrogen-bond donors (Lipinski definition) is 1. The van der Waals surface area contributed by atoms with Gasteiger partial charge in [0, 0.05) is 23.3 Å². The van der Waals surface area contributed by atoms with Crippen molar-refractivity contribution in [1.29, 1.82) is 0 Å². The van der Waals surface area contributed by atoms with E-state index < -0.39 is 11.9 Å². The number of hydrogen-bond acceptors (Lipinski definition) is 2. The molecular weight excluding hydrogens is 243 g/mol. The van der Waals surface area contributed by atoms with Crippen LogP contribution in [-0.4, -0.2) is 14.9 Å². The van der Waals surface area contributed by atoms with Crippen molar-refractivity contribution in [3.63, 3.8) is 0 Å². The fourth-order valence-electron chi connectivity index (χ4n) is 1.72. The summed E-state index contributed by atoms with van der Waals surface area (Å²) in [6, 6.07) is 5.89. The molecule has 90 valence electrons. The molecule has 0 saturated carbocycles. The van der Waals surface area contributed by atoms with Gasteiger partial charge in [-0.25, -0.2) is 4.39 Å². The molecular formula is C12H12ClFN2O. The van der Waals surface area contributed by atoms with Gasteiger partial charge in [-0.05, 0) is 25.1 Å². The summed E-state index contributed by atoms with van der Waals surface area (Å²) in [5, 5.41) is 14.5. The third-order valence-electron chi connectivity index (χ3n) is 2.59. The van der Waals surface area contributed by atoms with E-state index in [1.54, 1.807) is 23.0 Å². The molecule has 0 spiro atoms. The average Bonchev–Trinajstić information content (AvgIpc) is 2.76. The van der Waals surface area contributed by atoms with Crippen molar-refractivity contribution in [3.8, 4) is 0 Å². The third kappa shape index (κ3) is 2.33. The lowest BCUT2D eigenvalue weighted by Gasteiger charge is -2.13. The van der Waals surface area contributed by atoms with Crippen molar-refractivity contribution in [2.75, 3.05) is 0 Å². The Bertz CT molecular complexity index is 527. The highest BCUT2D eigenvalue weighted by Crippen LogP contribution is 2.25. The van der Waals surface area contributed by atoms with Gasteiger partial charge in [0.25, 0.3) is 0 Å². The topological polar surface area (TPSA) is 38.0 Å². The van der Waals surface area contributed by atoms with E-state index in [1.165, 1.54) is 12.1 Å². The van der Waals surface area contributed by atoms with Gasteiger partial charge in [-0.15, -0.1) is 0 Å². The monoisotopic (exact) mass is 254 g/mol. The van der Waals surface area contributed by atoms with E-state index in [0.717, 1.165) is 0 Å². The van der Waals surface area contributed by atoms with Crippen LogP contribution in [0.2, 0.25) is 5.02 Å². The number of benzene rings is 1. The maximum absolute atomic E-state index is 13.7. The summed E-state index contributed by atoms with van der Waals surface area (Å²) in [5.74, 6) is -0.520. The maximum atomic E-state index is 13.7. The molecule has 1 N–H and O–H groups in total. The van der Waals surface area contributed by atoms with Crippen LogP contribution < -0.4 is 0 Å². The normalized spacial score (nSPS) is 12.7. The lowest BCUT2D eigenvalue weighted by Crippen LogP contribution is -2.10. The fraction of sp³-hybridized carbons (Fsp3) is 0.250. The second-order valence-electron chi connectivity index (χ2n) is 3.64. The highest BCUT2D eigenvalue weighted by atomic mass is 35.5. The Morgan fingerprint density at radius 2 is 2.24 bits per heavy atom. The van der Waals surface area contributed by atoms with Crippen molar-refractivity contribution >= 4 is 11.6 Å². The first kappa shape index (κ1) is 12.1. The molecule has 0 aliphatic carbocycles. The summed E-state index contributed by atoms with van der Waals surface area (Å²) >= 11 is 5.67. The average molecular weight is 255 g/mol. The van der Waals surface area contributed by atoms with Crippen molar-refractivity contribution in [2.24, 2.45) is 0 Å². The molecule has 17 heavy (non-hydrogen) atoms. The highest BCUT2D eigenvalue weighted by Gasteiger charge is 2.18. The molecule has 1 aromatic carbocycles. The lowest BCUT2D eigenvalue weighted by molar-refractivity contribution is 0.203. The molecule has 0 aliphatic rings. The second kappa shape index (κ2) is 4.85. The Balaban J connectivity index is 2.40. The van der Waals surface area contributed by atoms with Gasteiger partial charge in [0.1, 0.15) is 11.9 Å². The molecule has 3 nitrogen and oxygen atoms in total. The van der Waals surface area contributed by atoms with Crippen LogP contribution in [0, 0.1) is 5.82 Å². The van der Waals surface area contributed by atoms with E-state index in [9.17, 15) is 9.50 Å². The van der Waals surface area contributed by atoms with Crippen LogP contribution in [0.4, 0.5) is 4.39 Å². The van der Waals surface area contributed by atoms with E-state index in [4.69, 9.17) is 11.6 Å². The molecule has 0 amide bonds. The Morgan fingerprint density at radius 3 is 2.88 bits per heavy atom. The second-order valence-corrected chi connectivity index (χ2v) is 4.08. The molecule has 1 atom stereocenters. The zero-order chi connectivity index (χ0) is 12.4. The van der Waals surface area contributed by atoms with Crippen molar-refractivity contribution in [3.05, 3.63) is 52.6 Å². The first-order valence-corrected chi connectivity index (χ1v) is 5.66. The van der Waals surface area contributed by atoms with Crippen LogP contribution in [0.5, 0.6) is 0 Å². The molecule has 5 heteroatoms. The van der Waals surface area contributed by atoms with Gasteiger partial charge in [0.05, 0.1) is 5.69 Å². The quantitative estimate of drug-likeness (QED) is 0.915. The number of aliphatic hydroxyl groups is 1. The number of halogens is 2. The Morgan fingerprint density at radius 1 is 1.47 bits per heavy atom. The smallest absolute Gasteiger partial charge is 0.130 e. The van der Waals surface area contributed by atoms with Gasteiger partial charge < -0.3 is 5.11 Å². The summed E-state index contributed by atoms with van der Waals surface area (Å²) in [5.41, 5.74) is 0.762. The molecule has 0 fully saturated rings. The summed E-state index contributed by atoms with van der Waals surface area (Å²) < 4.78 is 15.3. The number of nitrogens with zero attached hydrogens (tertiary/aromatic N) is 2. The summed E-state index contributed by atoms with van der Waals surface area (Å²) in [6.45, 7) is 2.52. The first-order chi connectivity index (χ1) is 8.13. The Labute approximate surface area is 103 Å². The van der Waals surface area contributed by atoms with Gasteiger partial charge in [-0.3, -0.25) is 4.68 Å². The van der Waals surface area contributed by atoms with Gasteiger partial charge in [0.15, 0.2) is 0 Å². The standard InChI is InChI=1S/C12H12ClFN2O/c1-2-16-11(5-6-15-16)12(17)9-4-3-8(13)7-10(9)14/h3-7,12,17H,2H2,1H3. The van der Waals surface area contributed by atoms with E-state index >= 15 is 0 Å². The predicted octanol–water partition coefficient (Wildman–Crippen LogP) is 2.78. The first-order valence-electron chi connectivity index (χ1n) is 5.28. The molecule has 1 unspecified atom stereocenters. The third-order valence-corrected chi connectivity index (χ3v) is 2.82. The van der Waals surface area contributed by atoms with E-state index in [0.29, 0.717) is 17.3 Å². The summed E-state index contributed by atoms with van der Waals surface area (Å²) in [7, 11) is 0. The van der Waals surface area contributed by atoms with E-state index in [-0.39, 0.29) is 5.56 Å². The van der Waals surface area contributed by atoms with Crippen molar-refractivity contribution < 1.29 is 9.50 Å². The molecule has 0 radical (unpaired) electrons. The predicted molar refractivity (Wildman–Crippen MR) is 63.4 cm³/mol. The zero-order valence-electron chi connectivity index (χ0n) is 9.27. The minimum absolute atomic E-state index is 0.199. The Hall–Kier alpha value is -1.39. The van der Waals surface area contributed by atoms with Crippen LogP contribution in [0.1, 0.15) is 24.3 Å². The fourth-order valence-corrected chi connectivity index (χ4v) is 1.88. The minimum atomic E-state index is -1.03. The molecule has 0 saturated heterocycles. The molecule has 0 aliphatic heterocycles. The number of aliphatic hydroxyl groups excluding tert-OH is 1.